The van der Waals surface area contributed by atoms with E-state index >= 15 is 0 Å². The lowest BCUT2D eigenvalue weighted by Crippen LogP contribution is -2.36. The van der Waals surface area contributed by atoms with Crippen molar-refractivity contribution in [2.75, 3.05) is 31.2 Å². The second-order valence-corrected chi connectivity index (χ2v) is 6.29. The van der Waals surface area contributed by atoms with Gasteiger partial charge in [0.15, 0.2) is 0 Å². The molecule has 1 saturated heterocycles. The van der Waals surface area contributed by atoms with Gasteiger partial charge in [-0.25, -0.2) is 9.07 Å². The van der Waals surface area contributed by atoms with Gasteiger partial charge in [0, 0.05) is 19.2 Å². The van der Waals surface area contributed by atoms with E-state index in [1.165, 1.54) is 0 Å². The summed E-state index contributed by atoms with van der Waals surface area (Å²) in [6, 6.07) is 11.3. The zero-order valence-electron chi connectivity index (χ0n) is 12.5. The molecule has 0 N–H and O–H groups in total. The Morgan fingerprint density at radius 1 is 1.13 bits per heavy atom. The summed E-state index contributed by atoms with van der Waals surface area (Å²) < 4.78 is 21.7. The van der Waals surface area contributed by atoms with Gasteiger partial charge in [0.1, 0.15) is 5.82 Å². The van der Waals surface area contributed by atoms with E-state index in [0.717, 1.165) is 29.3 Å². The molecule has 6 heteroatoms. The molecule has 4 rings (SSSR count). The van der Waals surface area contributed by atoms with Crippen molar-refractivity contribution in [2.24, 2.45) is 0 Å². The van der Waals surface area contributed by atoms with Crippen LogP contribution in [0, 0.1) is 5.82 Å². The zero-order valence-corrected chi connectivity index (χ0v) is 13.3. The highest BCUT2D eigenvalue weighted by molar-refractivity contribution is 7.13. The van der Waals surface area contributed by atoms with E-state index in [2.05, 4.69) is 5.10 Å². The highest BCUT2D eigenvalue weighted by Crippen LogP contribution is 2.28. The van der Waals surface area contributed by atoms with Gasteiger partial charge in [-0.3, -0.25) is 0 Å². The Labute approximate surface area is 137 Å². The summed E-state index contributed by atoms with van der Waals surface area (Å²) in [6.07, 6.45) is 1.74. The lowest BCUT2D eigenvalue weighted by Gasteiger charge is -2.29. The molecule has 0 unspecified atom stereocenters. The second kappa shape index (κ2) is 6.14. The van der Waals surface area contributed by atoms with Crippen LogP contribution in [0.25, 0.3) is 16.3 Å². The molecule has 1 aliphatic rings. The van der Waals surface area contributed by atoms with Crippen LogP contribution in [-0.2, 0) is 4.74 Å². The Morgan fingerprint density at radius 3 is 2.74 bits per heavy atom. The molecule has 3 aromatic rings. The summed E-state index contributed by atoms with van der Waals surface area (Å²) in [7, 11) is 0. The molecule has 0 saturated carbocycles. The minimum Gasteiger partial charge on any atom is -0.378 e. The van der Waals surface area contributed by atoms with Crippen molar-refractivity contribution in [1.29, 1.82) is 0 Å². The van der Waals surface area contributed by atoms with Gasteiger partial charge in [0.25, 0.3) is 0 Å². The number of nitrogens with zero attached hydrogens (tertiary/aromatic N) is 3. The van der Waals surface area contributed by atoms with Gasteiger partial charge in [-0.1, -0.05) is 6.07 Å². The predicted octanol–water partition coefficient (Wildman–Crippen LogP) is 3.58. The molecule has 1 fully saturated rings. The van der Waals surface area contributed by atoms with E-state index in [1.54, 1.807) is 28.3 Å². The van der Waals surface area contributed by atoms with Crippen molar-refractivity contribution in [2.45, 2.75) is 0 Å². The summed E-state index contributed by atoms with van der Waals surface area (Å²) in [5.41, 5.74) is 2.33. The number of aromatic nitrogens is 2. The fourth-order valence-electron chi connectivity index (χ4n) is 2.81. The molecule has 2 aromatic heterocycles. The molecule has 3 heterocycles. The summed E-state index contributed by atoms with van der Waals surface area (Å²) in [5, 5.41) is 6.37. The monoisotopic (exact) mass is 329 g/mol. The van der Waals surface area contributed by atoms with E-state index in [9.17, 15) is 4.39 Å². The normalized spacial score (nSPS) is 15.1. The van der Waals surface area contributed by atoms with Crippen molar-refractivity contribution in [3.8, 4) is 16.3 Å². The van der Waals surface area contributed by atoms with Crippen LogP contribution < -0.4 is 4.90 Å². The smallest absolute Gasteiger partial charge is 0.148 e. The van der Waals surface area contributed by atoms with Crippen LogP contribution in [0.2, 0.25) is 0 Å². The summed E-state index contributed by atoms with van der Waals surface area (Å²) >= 11 is 1.64. The van der Waals surface area contributed by atoms with Crippen LogP contribution in [0.1, 0.15) is 0 Å². The van der Waals surface area contributed by atoms with E-state index in [-0.39, 0.29) is 5.82 Å². The first-order valence-corrected chi connectivity index (χ1v) is 8.41. The Kier molecular flexibility index (Phi) is 3.85. The predicted molar refractivity (Wildman–Crippen MR) is 89.9 cm³/mol. The van der Waals surface area contributed by atoms with E-state index in [0.29, 0.717) is 18.9 Å². The Morgan fingerprint density at radius 2 is 2.00 bits per heavy atom. The maximum absolute atomic E-state index is 14.6. The number of anilines is 1. The molecule has 0 aliphatic carbocycles. The molecule has 0 spiro atoms. The number of ether oxygens (including phenoxy) is 1. The Bertz CT molecular complexity index is 794. The third kappa shape index (κ3) is 2.75. The number of hydrogen-bond acceptors (Lipinski definition) is 4. The third-order valence-electron chi connectivity index (χ3n) is 3.94. The molecular weight excluding hydrogens is 313 g/mol. The van der Waals surface area contributed by atoms with Gasteiger partial charge >= 0.3 is 0 Å². The van der Waals surface area contributed by atoms with Crippen molar-refractivity contribution in [3.05, 3.63) is 53.8 Å². The second-order valence-electron chi connectivity index (χ2n) is 5.34. The molecule has 0 bridgehead atoms. The van der Waals surface area contributed by atoms with Crippen molar-refractivity contribution in [3.63, 3.8) is 0 Å². The summed E-state index contributed by atoms with van der Waals surface area (Å²) in [4.78, 5) is 3.13. The minimum atomic E-state index is -0.225. The maximum Gasteiger partial charge on any atom is 0.148 e. The Hall–Kier alpha value is -2.18. The van der Waals surface area contributed by atoms with Crippen LogP contribution in [0.15, 0.2) is 48.0 Å². The summed E-state index contributed by atoms with van der Waals surface area (Å²) in [5.74, 6) is -0.225. The fourth-order valence-corrected chi connectivity index (χ4v) is 3.54. The number of benzene rings is 1. The third-order valence-corrected chi connectivity index (χ3v) is 4.84. The zero-order chi connectivity index (χ0) is 15.6. The number of morpholine rings is 1. The van der Waals surface area contributed by atoms with Crippen molar-refractivity contribution >= 4 is 17.0 Å². The van der Waals surface area contributed by atoms with Crippen LogP contribution in [-0.4, -0.2) is 36.1 Å². The largest absolute Gasteiger partial charge is 0.378 e. The topological polar surface area (TPSA) is 30.3 Å². The van der Waals surface area contributed by atoms with Gasteiger partial charge < -0.3 is 9.64 Å². The molecular formula is C17H16FN3OS. The standard InChI is InChI=1S/C17H16FN3OS/c18-14-12-13(3-4-15(14)20-7-9-22-10-8-20)21-16(5-6-19-21)17-2-1-11-23-17/h1-6,11-12H,7-10H2. The van der Waals surface area contributed by atoms with E-state index in [4.69, 9.17) is 4.74 Å². The van der Waals surface area contributed by atoms with Crippen molar-refractivity contribution in [1.82, 2.24) is 9.78 Å². The number of thiophene rings is 1. The fraction of sp³-hybridized carbons (Fsp3) is 0.235. The van der Waals surface area contributed by atoms with Crippen molar-refractivity contribution < 1.29 is 9.13 Å². The van der Waals surface area contributed by atoms with Crippen LogP contribution >= 0.6 is 11.3 Å². The lowest BCUT2D eigenvalue weighted by atomic mass is 10.2. The highest BCUT2D eigenvalue weighted by atomic mass is 32.1. The molecule has 1 aromatic carbocycles. The average Bonchev–Trinajstić information content (AvgIpc) is 3.26. The molecule has 1 aliphatic heterocycles. The van der Waals surface area contributed by atoms with Crippen LogP contribution in [0.5, 0.6) is 0 Å². The van der Waals surface area contributed by atoms with E-state index in [1.807, 2.05) is 40.6 Å². The molecule has 118 valence electrons. The average molecular weight is 329 g/mol. The van der Waals surface area contributed by atoms with Gasteiger partial charge in [0.05, 0.1) is 41.4 Å². The minimum absolute atomic E-state index is 0.225. The van der Waals surface area contributed by atoms with Gasteiger partial charge in [-0.05, 0) is 29.6 Å². The van der Waals surface area contributed by atoms with Crippen LogP contribution in [0.4, 0.5) is 10.1 Å². The molecule has 0 atom stereocenters. The van der Waals surface area contributed by atoms with Crippen LogP contribution in [0.3, 0.4) is 0 Å². The first kappa shape index (κ1) is 14.4. The SMILES string of the molecule is Fc1cc(-n2nccc2-c2cccs2)ccc1N1CCOCC1. The lowest BCUT2D eigenvalue weighted by molar-refractivity contribution is 0.122. The Balaban J connectivity index is 1.68. The first-order chi connectivity index (χ1) is 11.3. The highest BCUT2D eigenvalue weighted by Gasteiger charge is 2.16. The number of hydrogen-bond donors (Lipinski definition) is 0. The van der Waals surface area contributed by atoms with Gasteiger partial charge in [0.2, 0.25) is 0 Å². The quantitative estimate of drug-likeness (QED) is 0.736. The number of rotatable bonds is 3. The molecule has 23 heavy (non-hydrogen) atoms. The van der Waals surface area contributed by atoms with Gasteiger partial charge in [-0.2, -0.15) is 5.10 Å². The summed E-state index contributed by atoms with van der Waals surface area (Å²) in [6.45, 7) is 2.72. The molecule has 0 radical (unpaired) electrons. The maximum atomic E-state index is 14.6. The molecule has 4 nitrogen and oxygen atoms in total. The van der Waals surface area contributed by atoms with Gasteiger partial charge in [-0.15, -0.1) is 11.3 Å². The van der Waals surface area contributed by atoms with E-state index < -0.39 is 0 Å². The number of halogens is 1. The first-order valence-electron chi connectivity index (χ1n) is 7.53. The molecule has 0 amide bonds.